The predicted molar refractivity (Wildman–Crippen MR) is 35.1 cm³/mol. The summed E-state index contributed by atoms with van der Waals surface area (Å²) in [6.45, 7) is 1.93. The highest BCUT2D eigenvalue weighted by atomic mass is 33.2. The number of hydrogen-bond donors (Lipinski definition) is 3. The lowest BCUT2D eigenvalue weighted by Crippen LogP contribution is -2.03. The van der Waals surface area contributed by atoms with Gasteiger partial charge in [0.15, 0.2) is 0 Å². The second-order valence-electron chi connectivity index (χ2n) is 0.961. The highest BCUT2D eigenvalue weighted by molar-refractivity contribution is 8.59. The van der Waals surface area contributed by atoms with Gasteiger partial charge in [-0.1, -0.05) is 0 Å². The summed E-state index contributed by atoms with van der Waals surface area (Å²) in [6, 6.07) is 0. The first-order chi connectivity index (χ1) is 4.36. The minimum absolute atomic E-state index is 0.250. The lowest BCUT2D eigenvalue weighted by atomic mass is 10.9. The molecule has 0 saturated carbocycles. The molecule has 0 aliphatic heterocycles. The van der Waals surface area contributed by atoms with Crippen LogP contribution < -0.4 is 0 Å². The molecule has 0 aromatic rings. The van der Waals surface area contributed by atoms with Gasteiger partial charge in [-0.25, -0.2) is 4.21 Å². The van der Waals surface area contributed by atoms with Crippen molar-refractivity contribution in [1.82, 2.24) is 0 Å². The van der Waals surface area contributed by atoms with Crippen molar-refractivity contribution in [1.29, 1.82) is 0 Å². The fraction of sp³-hybridized carbons (Fsp3) is 1.00. The summed E-state index contributed by atoms with van der Waals surface area (Å²) < 4.78 is 43.0. The van der Waals surface area contributed by atoms with Gasteiger partial charge in [-0.2, -0.15) is 8.42 Å². The lowest BCUT2D eigenvalue weighted by molar-refractivity contribution is 0.318. The van der Waals surface area contributed by atoms with Crippen LogP contribution in [-0.4, -0.2) is 33.4 Å². The predicted octanol–water partition coefficient (Wildman–Crippen LogP) is -0.990. The van der Waals surface area contributed by atoms with Gasteiger partial charge < -0.3 is 5.11 Å². The van der Waals surface area contributed by atoms with Crippen molar-refractivity contribution in [2.45, 2.75) is 6.92 Å². The first-order valence-electron chi connectivity index (χ1n) is 2.06. The van der Waals surface area contributed by atoms with E-state index < -0.39 is 19.3 Å². The van der Waals surface area contributed by atoms with E-state index in [9.17, 15) is 12.6 Å². The molecule has 0 heterocycles. The second kappa shape index (κ2) is 5.74. The summed E-state index contributed by atoms with van der Waals surface area (Å²) in [5.74, 6) is 0. The van der Waals surface area contributed by atoms with Crippen LogP contribution in [0, 0.1) is 0 Å². The zero-order chi connectivity index (χ0) is 8.78. The van der Waals surface area contributed by atoms with Crippen LogP contribution in [0.2, 0.25) is 0 Å². The van der Waals surface area contributed by atoms with E-state index in [4.69, 9.17) is 14.2 Å². The number of rotatable bonds is 1. The molecule has 0 aliphatic rings. The minimum atomic E-state index is -4.71. The van der Waals surface area contributed by atoms with Gasteiger partial charge in [-0.3, -0.25) is 9.11 Å². The lowest BCUT2D eigenvalue weighted by Gasteiger charge is -1.80. The van der Waals surface area contributed by atoms with E-state index in [1.807, 2.05) is 0 Å². The van der Waals surface area contributed by atoms with Crippen molar-refractivity contribution in [3.05, 3.63) is 0 Å². The Kier molecular flexibility index (Phi) is 7.26. The Bertz CT molecular complexity index is 180. The zero-order valence-corrected chi connectivity index (χ0v) is 6.72. The molecule has 0 radical (unpaired) electrons. The maximum atomic E-state index is 9.34. The zero-order valence-electron chi connectivity index (χ0n) is 5.09. The molecule has 0 amide bonds. The molecule has 0 rings (SSSR count). The number of hydrogen-bond acceptors (Lipinski definition) is 4. The summed E-state index contributed by atoms with van der Waals surface area (Å²) in [4.78, 5) is 0. The summed E-state index contributed by atoms with van der Waals surface area (Å²) in [7, 11) is -7.87. The van der Waals surface area contributed by atoms with Crippen LogP contribution in [-0.2, 0) is 19.3 Å². The van der Waals surface area contributed by atoms with Crippen LogP contribution >= 0.6 is 0 Å². The highest BCUT2D eigenvalue weighted by Crippen LogP contribution is 1.83. The van der Waals surface area contributed by atoms with E-state index in [1.165, 1.54) is 0 Å². The van der Waals surface area contributed by atoms with E-state index in [1.54, 1.807) is 6.92 Å². The molecule has 0 aliphatic carbocycles. The topological polar surface area (TPSA) is 112 Å². The Morgan fingerprint density at radius 2 is 1.60 bits per heavy atom. The van der Waals surface area contributed by atoms with E-state index in [2.05, 4.69) is 0 Å². The van der Waals surface area contributed by atoms with E-state index in [0.29, 0.717) is 0 Å². The van der Waals surface area contributed by atoms with Crippen molar-refractivity contribution in [3.63, 3.8) is 0 Å². The third-order valence-corrected chi connectivity index (χ3v) is 1.62. The van der Waals surface area contributed by atoms with Gasteiger partial charge in [0, 0.05) is 6.61 Å². The van der Waals surface area contributed by atoms with Crippen LogP contribution in [0.4, 0.5) is 0 Å². The molecule has 6 nitrogen and oxygen atoms in total. The van der Waals surface area contributed by atoms with Gasteiger partial charge in [-0.05, 0) is 6.92 Å². The molecular weight excluding hydrogens is 184 g/mol. The maximum absolute atomic E-state index is 9.34. The molecule has 0 fully saturated rings. The van der Waals surface area contributed by atoms with Gasteiger partial charge in [0.25, 0.3) is 0 Å². The van der Waals surface area contributed by atoms with Crippen LogP contribution in [0.3, 0.4) is 0 Å². The molecule has 10 heavy (non-hydrogen) atoms. The largest absolute Gasteiger partial charge is 0.397 e. The average Bonchev–Trinajstić information content (AvgIpc) is 1.64. The van der Waals surface area contributed by atoms with Gasteiger partial charge in [0.1, 0.15) is 0 Å². The summed E-state index contributed by atoms with van der Waals surface area (Å²) in [6.07, 6.45) is 0. The molecule has 64 valence electrons. The van der Waals surface area contributed by atoms with E-state index >= 15 is 0 Å². The van der Waals surface area contributed by atoms with Crippen LogP contribution in [0.15, 0.2) is 0 Å². The Morgan fingerprint density at radius 1 is 1.50 bits per heavy atom. The quantitative estimate of drug-likeness (QED) is 0.279. The molecule has 0 aromatic heterocycles. The monoisotopic (exact) mass is 192 g/mol. The van der Waals surface area contributed by atoms with Crippen LogP contribution in [0.1, 0.15) is 6.92 Å². The molecule has 1 atom stereocenters. The first-order valence-corrected chi connectivity index (χ1v) is 5.12. The Balaban J connectivity index is 0. The third-order valence-electron chi connectivity index (χ3n) is 0.180. The van der Waals surface area contributed by atoms with Crippen molar-refractivity contribution in [2.75, 3.05) is 6.61 Å². The summed E-state index contributed by atoms with van der Waals surface area (Å²) in [5.41, 5.74) is 0. The normalized spacial score (nSPS) is 13.2. The molecule has 0 bridgehead atoms. The van der Waals surface area contributed by atoms with Crippen molar-refractivity contribution in [2.24, 2.45) is 0 Å². The van der Waals surface area contributed by atoms with Crippen LogP contribution in [0.25, 0.3) is 0 Å². The molecule has 8 heteroatoms. The molecule has 1 unspecified atom stereocenters. The Morgan fingerprint density at radius 3 is 1.60 bits per heavy atom. The van der Waals surface area contributed by atoms with Crippen molar-refractivity contribution in [3.8, 4) is 0 Å². The van der Waals surface area contributed by atoms with Gasteiger partial charge >= 0.3 is 19.3 Å². The smallest absolute Gasteiger partial charge is 0.373 e. The second-order valence-corrected chi connectivity index (χ2v) is 4.37. The Hall–Kier alpha value is -0.0200. The maximum Gasteiger partial charge on any atom is 0.373 e. The van der Waals surface area contributed by atoms with Crippen LogP contribution in [0.5, 0.6) is 0 Å². The molecule has 0 saturated heterocycles. The number of aliphatic hydroxyl groups excluding tert-OH is 1. The van der Waals surface area contributed by atoms with Crippen molar-refractivity contribution >= 4 is 19.3 Å². The number of aliphatic hydroxyl groups is 1. The molecular formula is C2H8O6S2. The minimum Gasteiger partial charge on any atom is -0.397 e. The van der Waals surface area contributed by atoms with Gasteiger partial charge in [0.2, 0.25) is 0 Å². The van der Waals surface area contributed by atoms with E-state index in [0.717, 1.165) is 0 Å². The standard InChI is InChI=1S/C2H6O.H2O5S2/c1-2-3;1-6(2)7(3,4)5/h3H,2H2,1H3;(H,1,2)(H,3,4,5). The average molecular weight is 192 g/mol. The first kappa shape index (κ1) is 12.6. The molecule has 0 aromatic carbocycles. The fourth-order valence-corrected chi connectivity index (χ4v) is 0. The summed E-state index contributed by atoms with van der Waals surface area (Å²) >= 11 is 0. The highest BCUT2D eigenvalue weighted by Gasteiger charge is 2.10. The summed E-state index contributed by atoms with van der Waals surface area (Å²) in [5, 5.41) is 7.57. The molecule has 0 spiro atoms. The fourth-order valence-electron chi connectivity index (χ4n) is 0. The Labute approximate surface area is 60.3 Å². The van der Waals surface area contributed by atoms with Crippen molar-refractivity contribution < 1.29 is 26.8 Å². The van der Waals surface area contributed by atoms with Gasteiger partial charge in [0.05, 0.1) is 0 Å². The SMILES string of the molecule is CCO.O=S(O)S(=O)(=O)O. The van der Waals surface area contributed by atoms with Gasteiger partial charge in [-0.15, -0.1) is 0 Å². The molecule has 3 N–H and O–H groups in total. The third kappa shape index (κ3) is 10.9. The van der Waals surface area contributed by atoms with E-state index in [-0.39, 0.29) is 6.61 Å².